The lowest BCUT2D eigenvalue weighted by Gasteiger charge is -2.09. The van der Waals surface area contributed by atoms with Gasteiger partial charge < -0.3 is 9.84 Å². The smallest absolute Gasteiger partial charge is 0.173 e. The van der Waals surface area contributed by atoms with Crippen LogP contribution in [0.15, 0.2) is 6.20 Å². The van der Waals surface area contributed by atoms with Crippen LogP contribution in [0, 0.1) is 0 Å². The van der Waals surface area contributed by atoms with E-state index in [1.54, 1.807) is 0 Å². The molecule has 0 bridgehead atoms. The molecule has 1 fully saturated rings. The van der Waals surface area contributed by atoms with E-state index in [4.69, 9.17) is 21.4 Å². The molecule has 1 aromatic heterocycles. The van der Waals surface area contributed by atoms with Crippen LogP contribution in [0.25, 0.3) is 0 Å². The fraction of sp³-hybridized carbons (Fsp3) is 0.571. The number of aromatic nitrogens is 2. The fourth-order valence-electron chi connectivity index (χ4n) is 1.29. The first kappa shape index (κ1) is 7.89. The van der Waals surface area contributed by atoms with E-state index in [1.807, 2.05) is 0 Å². The van der Waals surface area contributed by atoms with Crippen LogP contribution in [0.2, 0.25) is 5.15 Å². The highest BCUT2D eigenvalue weighted by molar-refractivity contribution is 6.30. The summed E-state index contributed by atoms with van der Waals surface area (Å²) in [6.45, 7) is 0.738. The Hall–Kier alpha value is -0.740. The van der Waals surface area contributed by atoms with Crippen LogP contribution in [0.1, 0.15) is 19.1 Å². The van der Waals surface area contributed by atoms with Crippen LogP contribution in [0.5, 0.6) is 5.75 Å². The minimum atomic E-state index is -0.0987. The van der Waals surface area contributed by atoms with Gasteiger partial charge in [-0.15, -0.1) is 0 Å². The van der Waals surface area contributed by atoms with Gasteiger partial charge in [0.1, 0.15) is 0 Å². The molecule has 5 heteroatoms. The molecular weight excluding hydrogens is 180 g/mol. The lowest BCUT2D eigenvalue weighted by molar-refractivity contribution is 0.0468. The fourth-order valence-corrected chi connectivity index (χ4v) is 1.49. The molecule has 0 aromatic carbocycles. The molecule has 1 saturated heterocycles. The van der Waals surface area contributed by atoms with Crippen molar-refractivity contribution in [3.63, 3.8) is 0 Å². The van der Waals surface area contributed by atoms with Crippen molar-refractivity contribution in [2.24, 2.45) is 0 Å². The van der Waals surface area contributed by atoms with Gasteiger partial charge in [0.05, 0.1) is 6.20 Å². The largest absolute Gasteiger partial charge is 0.504 e. The molecule has 0 aliphatic carbocycles. The molecule has 0 saturated carbocycles. The molecule has 1 aromatic rings. The Morgan fingerprint density at radius 3 is 3.08 bits per heavy atom. The van der Waals surface area contributed by atoms with Gasteiger partial charge in [-0.1, -0.05) is 11.6 Å². The van der Waals surface area contributed by atoms with Crippen LogP contribution in [0.3, 0.4) is 0 Å². The first-order valence-electron chi connectivity index (χ1n) is 3.82. The third kappa shape index (κ3) is 1.17. The first-order chi connectivity index (χ1) is 5.79. The van der Waals surface area contributed by atoms with Crippen molar-refractivity contribution in [1.82, 2.24) is 9.78 Å². The summed E-state index contributed by atoms with van der Waals surface area (Å²) in [4.78, 5) is 0. The number of nitrogens with zero attached hydrogens (tertiary/aromatic N) is 2. The van der Waals surface area contributed by atoms with Crippen molar-refractivity contribution in [2.45, 2.75) is 19.1 Å². The third-order valence-corrected chi connectivity index (χ3v) is 2.26. The number of ether oxygens (including phenoxy) is 1. The van der Waals surface area contributed by atoms with E-state index in [-0.39, 0.29) is 17.1 Å². The monoisotopic (exact) mass is 188 g/mol. The highest BCUT2D eigenvalue weighted by Gasteiger charge is 2.21. The number of rotatable bonds is 1. The molecule has 66 valence electrons. The van der Waals surface area contributed by atoms with E-state index in [2.05, 4.69) is 5.10 Å². The minimum Gasteiger partial charge on any atom is -0.504 e. The van der Waals surface area contributed by atoms with E-state index < -0.39 is 0 Å². The van der Waals surface area contributed by atoms with Gasteiger partial charge in [0.2, 0.25) is 0 Å². The highest BCUT2D eigenvalue weighted by atomic mass is 35.5. The first-order valence-corrected chi connectivity index (χ1v) is 4.20. The standard InChI is InChI=1S/C7H9ClN2O2/c8-7-5(11)4-9-10(7)6-2-1-3-12-6/h4,6,11H,1-3H2. The van der Waals surface area contributed by atoms with Gasteiger partial charge in [-0.3, -0.25) is 0 Å². The maximum Gasteiger partial charge on any atom is 0.173 e. The SMILES string of the molecule is Oc1cnn(C2CCCO2)c1Cl. The van der Waals surface area contributed by atoms with Crippen molar-refractivity contribution < 1.29 is 9.84 Å². The zero-order chi connectivity index (χ0) is 8.55. The summed E-state index contributed by atoms with van der Waals surface area (Å²) in [6, 6.07) is 0. The van der Waals surface area contributed by atoms with Crippen molar-refractivity contribution in [1.29, 1.82) is 0 Å². The van der Waals surface area contributed by atoms with Crippen LogP contribution in [0.4, 0.5) is 0 Å². The van der Waals surface area contributed by atoms with Crippen LogP contribution < -0.4 is 0 Å². The van der Waals surface area contributed by atoms with Crippen molar-refractivity contribution in [3.8, 4) is 5.75 Å². The van der Waals surface area contributed by atoms with Crippen molar-refractivity contribution in [2.75, 3.05) is 6.61 Å². The predicted octanol–water partition coefficient (Wildman–Crippen LogP) is 1.55. The molecule has 0 amide bonds. The molecule has 12 heavy (non-hydrogen) atoms. The number of hydrogen-bond donors (Lipinski definition) is 1. The van der Waals surface area contributed by atoms with Gasteiger partial charge in [0.25, 0.3) is 0 Å². The molecule has 1 aliphatic rings. The van der Waals surface area contributed by atoms with Gasteiger partial charge in [-0.2, -0.15) is 5.10 Å². The molecule has 1 aliphatic heterocycles. The van der Waals surface area contributed by atoms with Gasteiger partial charge in [0, 0.05) is 6.61 Å². The summed E-state index contributed by atoms with van der Waals surface area (Å²) in [5, 5.41) is 13.3. The average Bonchev–Trinajstić information content (AvgIpc) is 2.64. The van der Waals surface area contributed by atoms with E-state index >= 15 is 0 Å². The molecule has 2 heterocycles. The Bertz CT molecular complexity index is 281. The summed E-state index contributed by atoms with van der Waals surface area (Å²) in [5.41, 5.74) is 0. The van der Waals surface area contributed by atoms with Crippen LogP contribution in [-0.2, 0) is 4.74 Å². The van der Waals surface area contributed by atoms with Crippen molar-refractivity contribution >= 4 is 11.6 Å². The van der Waals surface area contributed by atoms with Crippen molar-refractivity contribution in [3.05, 3.63) is 11.3 Å². The lowest BCUT2D eigenvalue weighted by Crippen LogP contribution is -2.08. The van der Waals surface area contributed by atoms with Crippen LogP contribution in [-0.4, -0.2) is 21.5 Å². The molecule has 2 rings (SSSR count). The van der Waals surface area contributed by atoms with Gasteiger partial charge in [0.15, 0.2) is 17.1 Å². The molecule has 0 radical (unpaired) electrons. The molecule has 1 N–H and O–H groups in total. The molecular formula is C7H9ClN2O2. The second-order valence-corrected chi connectivity index (χ2v) is 3.09. The van der Waals surface area contributed by atoms with Gasteiger partial charge in [-0.25, -0.2) is 4.68 Å². The Balaban J connectivity index is 2.26. The summed E-state index contributed by atoms with van der Waals surface area (Å²) >= 11 is 5.76. The molecule has 1 atom stereocenters. The number of hydrogen-bond acceptors (Lipinski definition) is 3. The summed E-state index contributed by atoms with van der Waals surface area (Å²) in [6.07, 6.45) is 3.14. The highest BCUT2D eigenvalue weighted by Crippen LogP contribution is 2.30. The molecule has 0 spiro atoms. The average molecular weight is 189 g/mol. The Morgan fingerprint density at radius 1 is 1.75 bits per heavy atom. The zero-order valence-corrected chi connectivity index (χ0v) is 7.16. The summed E-state index contributed by atoms with van der Waals surface area (Å²) < 4.78 is 6.84. The van der Waals surface area contributed by atoms with E-state index in [9.17, 15) is 0 Å². The normalized spacial score (nSPS) is 23.2. The summed E-state index contributed by atoms with van der Waals surface area (Å²) in [5.74, 6) is 0.00664. The molecule has 4 nitrogen and oxygen atoms in total. The van der Waals surface area contributed by atoms with E-state index in [1.165, 1.54) is 10.9 Å². The second-order valence-electron chi connectivity index (χ2n) is 2.73. The van der Waals surface area contributed by atoms with Crippen LogP contribution >= 0.6 is 11.6 Å². The third-order valence-electron chi connectivity index (χ3n) is 1.90. The van der Waals surface area contributed by atoms with Gasteiger partial charge >= 0.3 is 0 Å². The van der Waals surface area contributed by atoms with E-state index in [0.29, 0.717) is 0 Å². The predicted molar refractivity (Wildman–Crippen MR) is 43.1 cm³/mol. The number of aromatic hydroxyl groups is 1. The Labute approximate surface area is 74.7 Å². The maximum absolute atomic E-state index is 9.13. The topological polar surface area (TPSA) is 47.3 Å². The minimum absolute atomic E-state index is 0.00664. The maximum atomic E-state index is 9.13. The van der Waals surface area contributed by atoms with Gasteiger partial charge in [-0.05, 0) is 12.8 Å². The zero-order valence-electron chi connectivity index (χ0n) is 6.40. The second kappa shape index (κ2) is 2.95. The van der Waals surface area contributed by atoms with E-state index in [0.717, 1.165) is 19.4 Å². The lowest BCUT2D eigenvalue weighted by atomic mass is 10.3. The quantitative estimate of drug-likeness (QED) is 0.728. The summed E-state index contributed by atoms with van der Waals surface area (Å²) in [7, 11) is 0. The number of halogens is 1. The molecule has 1 unspecified atom stereocenters. The Morgan fingerprint density at radius 2 is 2.58 bits per heavy atom. The Kier molecular flexibility index (Phi) is 1.94.